The maximum Gasteiger partial charge on any atom is 0.307 e. The highest BCUT2D eigenvalue weighted by molar-refractivity contribution is 5.72. The summed E-state index contributed by atoms with van der Waals surface area (Å²) in [7, 11) is 0. The molecule has 118 valence electrons. The van der Waals surface area contributed by atoms with Gasteiger partial charge in [0.1, 0.15) is 6.10 Å². The van der Waals surface area contributed by atoms with Crippen molar-refractivity contribution in [2.24, 2.45) is 23.2 Å². The van der Waals surface area contributed by atoms with E-state index in [1.165, 1.54) is 6.92 Å². The Balaban J connectivity index is 2.36. The standard InChI is InChI=1S/C17H26O4/c1-10(2)13-5-6-14(16(19)20)17(13)8-7-11(3)15(9-17)21-12(4)18/h7,10,13-15H,5-6,8-9H2,1-4H3,(H,19,20)/t13-,14+,15-,17-/m0/s1. The molecule has 0 bridgehead atoms. The number of carbonyl (C=O) groups is 2. The Hall–Kier alpha value is -1.32. The van der Waals surface area contributed by atoms with Crippen LogP contribution in [0.5, 0.6) is 0 Å². The summed E-state index contributed by atoms with van der Waals surface area (Å²) in [6.07, 6.45) is 4.95. The van der Waals surface area contributed by atoms with Crippen molar-refractivity contribution < 1.29 is 19.4 Å². The molecule has 1 spiro atoms. The van der Waals surface area contributed by atoms with E-state index in [0.717, 1.165) is 24.8 Å². The molecule has 4 nitrogen and oxygen atoms in total. The van der Waals surface area contributed by atoms with E-state index in [4.69, 9.17) is 4.74 Å². The summed E-state index contributed by atoms with van der Waals surface area (Å²) >= 11 is 0. The van der Waals surface area contributed by atoms with E-state index in [9.17, 15) is 14.7 Å². The minimum absolute atomic E-state index is 0.264. The summed E-state index contributed by atoms with van der Waals surface area (Å²) < 4.78 is 5.45. The van der Waals surface area contributed by atoms with Gasteiger partial charge in [-0.2, -0.15) is 0 Å². The van der Waals surface area contributed by atoms with Gasteiger partial charge in [-0.3, -0.25) is 9.59 Å². The Kier molecular flexibility index (Phi) is 4.45. The van der Waals surface area contributed by atoms with Crippen LogP contribution in [0.3, 0.4) is 0 Å². The van der Waals surface area contributed by atoms with E-state index in [1.54, 1.807) is 0 Å². The van der Waals surface area contributed by atoms with Crippen LogP contribution in [-0.4, -0.2) is 23.1 Å². The molecule has 0 unspecified atom stereocenters. The van der Waals surface area contributed by atoms with Gasteiger partial charge < -0.3 is 9.84 Å². The molecule has 0 aromatic heterocycles. The maximum atomic E-state index is 11.7. The highest BCUT2D eigenvalue weighted by atomic mass is 16.5. The Morgan fingerprint density at radius 2 is 2.05 bits per heavy atom. The average molecular weight is 294 g/mol. The van der Waals surface area contributed by atoms with Crippen LogP contribution in [0, 0.1) is 23.2 Å². The van der Waals surface area contributed by atoms with Crippen molar-refractivity contribution in [2.45, 2.75) is 59.5 Å². The third kappa shape index (κ3) is 2.85. The summed E-state index contributed by atoms with van der Waals surface area (Å²) in [5, 5.41) is 9.64. The first-order valence-electron chi connectivity index (χ1n) is 7.84. The number of carbonyl (C=O) groups excluding carboxylic acids is 1. The van der Waals surface area contributed by atoms with Crippen LogP contribution in [0.25, 0.3) is 0 Å². The van der Waals surface area contributed by atoms with E-state index in [2.05, 4.69) is 19.9 Å². The van der Waals surface area contributed by atoms with Crippen LogP contribution in [0.2, 0.25) is 0 Å². The van der Waals surface area contributed by atoms with Crippen molar-refractivity contribution in [3.05, 3.63) is 11.6 Å². The van der Waals surface area contributed by atoms with Gasteiger partial charge in [-0.15, -0.1) is 0 Å². The van der Waals surface area contributed by atoms with E-state index in [-0.39, 0.29) is 23.4 Å². The fourth-order valence-corrected chi connectivity index (χ4v) is 4.54. The van der Waals surface area contributed by atoms with Crippen molar-refractivity contribution in [2.75, 3.05) is 0 Å². The molecule has 1 saturated carbocycles. The fraction of sp³-hybridized carbons (Fsp3) is 0.765. The smallest absolute Gasteiger partial charge is 0.307 e. The zero-order valence-electron chi connectivity index (χ0n) is 13.4. The summed E-state index contributed by atoms with van der Waals surface area (Å²) in [4.78, 5) is 23.1. The lowest BCUT2D eigenvalue weighted by Crippen LogP contribution is -2.44. The van der Waals surface area contributed by atoms with Gasteiger partial charge in [0.25, 0.3) is 0 Å². The highest BCUT2D eigenvalue weighted by Crippen LogP contribution is 2.58. The Bertz CT molecular complexity index is 465. The molecule has 0 aromatic rings. The number of ether oxygens (including phenoxy) is 1. The lowest BCUT2D eigenvalue weighted by atomic mass is 9.60. The summed E-state index contributed by atoms with van der Waals surface area (Å²) in [5.41, 5.74) is 0.786. The molecule has 0 aliphatic heterocycles. The molecular weight excluding hydrogens is 268 g/mol. The number of aliphatic carboxylic acids is 1. The zero-order chi connectivity index (χ0) is 15.8. The fourth-order valence-electron chi connectivity index (χ4n) is 4.54. The van der Waals surface area contributed by atoms with Crippen LogP contribution < -0.4 is 0 Å². The molecule has 0 saturated heterocycles. The molecule has 2 aliphatic rings. The van der Waals surface area contributed by atoms with E-state index in [1.807, 2.05) is 6.92 Å². The second kappa shape index (κ2) is 5.82. The van der Waals surface area contributed by atoms with E-state index >= 15 is 0 Å². The molecule has 21 heavy (non-hydrogen) atoms. The molecule has 2 rings (SSSR count). The summed E-state index contributed by atoms with van der Waals surface area (Å²) in [6.45, 7) is 7.72. The van der Waals surface area contributed by atoms with E-state index < -0.39 is 5.97 Å². The van der Waals surface area contributed by atoms with Crippen molar-refractivity contribution in [3.8, 4) is 0 Å². The van der Waals surface area contributed by atoms with Gasteiger partial charge in [0.05, 0.1) is 5.92 Å². The molecule has 2 aliphatic carbocycles. The van der Waals surface area contributed by atoms with Crippen LogP contribution >= 0.6 is 0 Å². The van der Waals surface area contributed by atoms with Gasteiger partial charge in [0, 0.05) is 6.92 Å². The summed E-state index contributed by atoms with van der Waals surface area (Å²) in [6, 6.07) is 0. The normalized spacial score (nSPS) is 35.9. The topological polar surface area (TPSA) is 63.6 Å². The first-order chi connectivity index (χ1) is 9.78. The van der Waals surface area contributed by atoms with Crippen molar-refractivity contribution in [1.82, 2.24) is 0 Å². The minimum atomic E-state index is -0.701. The number of esters is 1. The number of hydrogen-bond donors (Lipinski definition) is 1. The Labute approximate surface area is 126 Å². The molecule has 0 radical (unpaired) electrons. The van der Waals surface area contributed by atoms with Crippen LogP contribution in [0.4, 0.5) is 0 Å². The van der Waals surface area contributed by atoms with Gasteiger partial charge in [-0.25, -0.2) is 0 Å². The molecular formula is C17H26O4. The van der Waals surface area contributed by atoms with Crippen molar-refractivity contribution >= 4 is 11.9 Å². The SMILES string of the molecule is CC(=O)O[C@H]1C[C@]2(CC=C1C)[C@@H](C(=O)O)CC[C@H]2C(C)C. The number of carboxylic acids is 1. The van der Waals surface area contributed by atoms with Gasteiger partial charge in [0.2, 0.25) is 0 Å². The molecule has 1 N–H and O–H groups in total. The van der Waals surface area contributed by atoms with Gasteiger partial charge in [-0.05, 0) is 55.4 Å². The molecule has 0 heterocycles. The molecule has 4 atom stereocenters. The minimum Gasteiger partial charge on any atom is -0.481 e. The first kappa shape index (κ1) is 16.1. The molecule has 0 aromatic carbocycles. The third-order valence-corrected chi connectivity index (χ3v) is 5.49. The van der Waals surface area contributed by atoms with Gasteiger partial charge >= 0.3 is 11.9 Å². The third-order valence-electron chi connectivity index (χ3n) is 5.49. The second-order valence-corrected chi connectivity index (χ2v) is 7.01. The van der Waals surface area contributed by atoms with E-state index in [0.29, 0.717) is 18.3 Å². The lowest BCUT2D eigenvalue weighted by Gasteiger charge is -2.45. The quantitative estimate of drug-likeness (QED) is 0.640. The predicted octanol–water partition coefficient (Wildman–Crippen LogP) is 3.41. The number of carboxylic acid groups (broad SMARTS) is 1. The highest BCUT2D eigenvalue weighted by Gasteiger charge is 2.55. The maximum absolute atomic E-state index is 11.7. The monoisotopic (exact) mass is 294 g/mol. The largest absolute Gasteiger partial charge is 0.481 e. The van der Waals surface area contributed by atoms with Crippen molar-refractivity contribution in [3.63, 3.8) is 0 Å². The Morgan fingerprint density at radius 3 is 2.57 bits per heavy atom. The Morgan fingerprint density at radius 1 is 1.38 bits per heavy atom. The van der Waals surface area contributed by atoms with Gasteiger partial charge in [0.15, 0.2) is 0 Å². The van der Waals surface area contributed by atoms with Crippen LogP contribution in [0.15, 0.2) is 11.6 Å². The number of hydrogen-bond acceptors (Lipinski definition) is 3. The number of rotatable bonds is 3. The zero-order valence-corrected chi connectivity index (χ0v) is 13.4. The predicted molar refractivity (Wildman–Crippen MR) is 79.7 cm³/mol. The van der Waals surface area contributed by atoms with Gasteiger partial charge in [-0.1, -0.05) is 19.9 Å². The lowest BCUT2D eigenvalue weighted by molar-refractivity contribution is -0.151. The second-order valence-electron chi connectivity index (χ2n) is 7.01. The first-order valence-corrected chi connectivity index (χ1v) is 7.84. The molecule has 1 fully saturated rings. The molecule has 0 amide bonds. The van der Waals surface area contributed by atoms with Crippen LogP contribution in [-0.2, 0) is 14.3 Å². The van der Waals surface area contributed by atoms with Crippen molar-refractivity contribution in [1.29, 1.82) is 0 Å². The molecule has 4 heteroatoms. The average Bonchev–Trinajstić information content (AvgIpc) is 2.72. The summed E-state index contributed by atoms with van der Waals surface area (Å²) in [5.74, 6) is -0.504. The number of allylic oxidation sites excluding steroid dienone is 1. The van der Waals surface area contributed by atoms with Crippen LogP contribution in [0.1, 0.15) is 53.4 Å².